The van der Waals surface area contributed by atoms with Gasteiger partial charge in [0.05, 0.1) is 0 Å². The number of ketones is 1. The normalized spacial score (nSPS) is 43.3. The Hall–Kier alpha value is -1.96. The minimum Gasteiger partial charge on any atom is -0.463 e. The summed E-state index contributed by atoms with van der Waals surface area (Å²) in [5.74, 6) is -0.655. The minimum atomic E-state index is -1.45. The summed E-state index contributed by atoms with van der Waals surface area (Å²) < 4.78 is 16.2. The van der Waals surface area contributed by atoms with E-state index in [4.69, 9.17) is 14.2 Å². The molecule has 1 N–H and O–H groups in total. The van der Waals surface area contributed by atoms with Gasteiger partial charge in [0.25, 0.3) is 0 Å². The van der Waals surface area contributed by atoms with Crippen LogP contribution in [-0.2, 0) is 33.4 Å². The number of ether oxygens (including phenoxy) is 3. The molecule has 0 unspecified atom stereocenters. The van der Waals surface area contributed by atoms with Gasteiger partial charge in [-0.1, -0.05) is 13.8 Å². The van der Waals surface area contributed by atoms with Crippen molar-refractivity contribution in [2.75, 3.05) is 6.61 Å². The van der Waals surface area contributed by atoms with Gasteiger partial charge in [0.2, 0.25) is 0 Å². The number of carbonyl (C=O) groups excluding carboxylic acids is 4. The predicted octanol–water partition coefficient (Wildman–Crippen LogP) is 3.37. The molecule has 0 spiro atoms. The van der Waals surface area contributed by atoms with E-state index in [2.05, 4.69) is 6.92 Å². The van der Waals surface area contributed by atoms with Crippen molar-refractivity contribution in [3.63, 3.8) is 0 Å². The molecule has 0 saturated heterocycles. The predicted molar refractivity (Wildman–Crippen MR) is 125 cm³/mol. The number of aliphatic hydroxyl groups is 1. The van der Waals surface area contributed by atoms with Crippen LogP contribution in [0.2, 0.25) is 0 Å². The maximum Gasteiger partial charge on any atom is 0.303 e. The number of hydrogen-bond acceptors (Lipinski definition) is 8. The number of esters is 3. The topological polar surface area (TPSA) is 116 Å². The highest BCUT2D eigenvalue weighted by Gasteiger charge is 2.69. The Kier molecular flexibility index (Phi) is 6.84. The lowest BCUT2D eigenvalue weighted by molar-refractivity contribution is -0.211. The Balaban J connectivity index is 1.60. The Morgan fingerprint density at radius 1 is 1.00 bits per heavy atom. The second kappa shape index (κ2) is 9.16. The summed E-state index contributed by atoms with van der Waals surface area (Å²) in [6.45, 7) is 7.96. The minimum absolute atomic E-state index is 0.0755. The quantitative estimate of drug-likeness (QED) is 0.459. The van der Waals surface area contributed by atoms with E-state index >= 15 is 0 Å². The third-order valence-corrected chi connectivity index (χ3v) is 10.1. The zero-order chi connectivity index (χ0) is 25.8. The van der Waals surface area contributed by atoms with E-state index in [9.17, 15) is 24.3 Å². The number of fused-ring (bicyclic) bond motifs is 5. The summed E-state index contributed by atoms with van der Waals surface area (Å²) in [5.41, 5.74) is -2.38. The fourth-order valence-electron chi connectivity index (χ4n) is 8.60. The van der Waals surface area contributed by atoms with Gasteiger partial charge in [0.1, 0.15) is 24.1 Å². The first kappa shape index (κ1) is 26.1. The van der Waals surface area contributed by atoms with Crippen molar-refractivity contribution in [1.29, 1.82) is 0 Å². The highest BCUT2D eigenvalue weighted by molar-refractivity contribution is 5.84. The van der Waals surface area contributed by atoms with Crippen molar-refractivity contribution in [1.82, 2.24) is 0 Å². The lowest BCUT2D eigenvalue weighted by atomic mass is 9.44. The SMILES string of the molecule is CC(=O)OC[C@H](OC(C)=O)[C@]1(O)CC[C@@H]2[C@@H]3CC[C@@H]4C[C@H](OC(C)=O)CC[C@]4(C)[C@@H]3C(=O)C[C@]21C. The molecule has 0 aliphatic heterocycles. The largest absolute Gasteiger partial charge is 0.463 e. The molecule has 8 nitrogen and oxygen atoms in total. The summed E-state index contributed by atoms with van der Waals surface area (Å²) >= 11 is 0. The van der Waals surface area contributed by atoms with E-state index in [1.165, 1.54) is 20.8 Å². The maximum absolute atomic E-state index is 13.9. The van der Waals surface area contributed by atoms with E-state index in [1.54, 1.807) is 0 Å². The Morgan fingerprint density at radius 3 is 2.34 bits per heavy atom. The standard InChI is InChI=1S/C27H40O8/c1-15(28)33-14-23(35-17(3)30)27(32)11-9-21-20-7-6-18-12-19(34-16(2)29)8-10-25(18,4)24(20)22(31)13-26(21,27)5/h18-21,23-24,32H,6-14H2,1-5H3/t18-,19-,20+,21-,23+,24+,25+,26-,27-/m1/s1. The van der Waals surface area contributed by atoms with Crippen molar-refractivity contribution >= 4 is 23.7 Å². The Morgan fingerprint density at radius 2 is 1.71 bits per heavy atom. The van der Waals surface area contributed by atoms with Crippen LogP contribution in [0.25, 0.3) is 0 Å². The van der Waals surface area contributed by atoms with Gasteiger partial charge in [0.15, 0.2) is 6.10 Å². The summed E-state index contributed by atoms with van der Waals surface area (Å²) in [4.78, 5) is 48.8. The molecule has 4 fully saturated rings. The van der Waals surface area contributed by atoms with Crippen molar-refractivity contribution in [3.8, 4) is 0 Å². The highest BCUT2D eigenvalue weighted by atomic mass is 16.6. The molecule has 4 rings (SSSR count). The second-order valence-corrected chi connectivity index (χ2v) is 12.0. The highest BCUT2D eigenvalue weighted by Crippen LogP contribution is 2.68. The smallest absolute Gasteiger partial charge is 0.303 e. The fraction of sp³-hybridized carbons (Fsp3) is 0.852. The molecule has 9 atom stereocenters. The van der Waals surface area contributed by atoms with E-state index in [1.807, 2.05) is 6.92 Å². The van der Waals surface area contributed by atoms with Crippen LogP contribution in [-0.4, -0.2) is 53.2 Å². The van der Waals surface area contributed by atoms with Crippen molar-refractivity contribution in [3.05, 3.63) is 0 Å². The van der Waals surface area contributed by atoms with E-state index in [0.717, 1.165) is 38.5 Å². The van der Waals surface area contributed by atoms with E-state index in [0.29, 0.717) is 12.3 Å². The number of rotatable bonds is 5. The molecule has 0 bridgehead atoms. The van der Waals surface area contributed by atoms with Crippen LogP contribution >= 0.6 is 0 Å². The van der Waals surface area contributed by atoms with Crippen LogP contribution in [0, 0.1) is 34.5 Å². The lowest BCUT2D eigenvalue weighted by Gasteiger charge is -2.61. The molecule has 0 radical (unpaired) electrons. The second-order valence-electron chi connectivity index (χ2n) is 12.0. The zero-order valence-electron chi connectivity index (χ0n) is 21.6. The van der Waals surface area contributed by atoms with E-state index < -0.39 is 29.1 Å². The van der Waals surface area contributed by atoms with E-state index in [-0.39, 0.29) is 54.1 Å². The number of carbonyl (C=O) groups is 4. The molecule has 0 aromatic heterocycles. The molecule has 4 aliphatic carbocycles. The average molecular weight is 493 g/mol. The van der Waals surface area contributed by atoms with Gasteiger partial charge in [-0.05, 0) is 68.1 Å². The molecule has 0 heterocycles. The third kappa shape index (κ3) is 4.30. The average Bonchev–Trinajstić information content (AvgIpc) is 3.01. The van der Waals surface area contributed by atoms with Crippen LogP contribution in [0.4, 0.5) is 0 Å². The molecule has 35 heavy (non-hydrogen) atoms. The van der Waals surface area contributed by atoms with Gasteiger partial charge in [0, 0.05) is 38.5 Å². The van der Waals surface area contributed by atoms with Crippen LogP contribution in [0.3, 0.4) is 0 Å². The molecule has 8 heteroatoms. The molecule has 0 aromatic carbocycles. The molecule has 0 aromatic rings. The zero-order valence-corrected chi connectivity index (χ0v) is 21.6. The van der Waals surface area contributed by atoms with Crippen molar-refractivity contribution in [2.24, 2.45) is 34.5 Å². The summed E-state index contributed by atoms with van der Waals surface area (Å²) in [6.07, 6.45) is 4.51. The fourth-order valence-corrected chi connectivity index (χ4v) is 8.60. The molecular formula is C27H40O8. The van der Waals surface area contributed by atoms with Crippen LogP contribution in [0.1, 0.15) is 86.0 Å². The third-order valence-electron chi connectivity index (χ3n) is 10.1. The molecule has 4 aliphatic rings. The van der Waals surface area contributed by atoms with Crippen molar-refractivity contribution in [2.45, 2.75) is 104 Å². The number of hydrogen-bond donors (Lipinski definition) is 1. The van der Waals surface area contributed by atoms with Gasteiger partial charge in [-0.2, -0.15) is 0 Å². The molecule has 0 amide bonds. The first-order chi connectivity index (χ1) is 16.3. The van der Waals surface area contributed by atoms with Crippen LogP contribution < -0.4 is 0 Å². The van der Waals surface area contributed by atoms with Gasteiger partial charge in [-0.25, -0.2) is 0 Å². The van der Waals surface area contributed by atoms with Gasteiger partial charge >= 0.3 is 17.9 Å². The number of Topliss-reactive ketones (excluding diaryl/α,β-unsaturated/α-hetero) is 1. The van der Waals surface area contributed by atoms with Gasteiger partial charge in [-0.3, -0.25) is 19.2 Å². The van der Waals surface area contributed by atoms with Crippen LogP contribution in [0.15, 0.2) is 0 Å². The van der Waals surface area contributed by atoms with Gasteiger partial charge in [-0.15, -0.1) is 0 Å². The summed E-state index contributed by atoms with van der Waals surface area (Å²) in [6, 6.07) is 0. The van der Waals surface area contributed by atoms with Gasteiger partial charge < -0.3 is 19.3 Å². The lowest BCUT2D eigenvalue weighted by Crippen LogP contribution is -2.63. The monoisotopic (exact) mass is 492 g/mol. The summed E-state index contributed by atoms with van der Waals surface area (Å²) in [5, 5.41) is 12.0. The first-order valence-corrected chi connectivity index (χ1v) is 13.0. The Labute approximate surface area is 207 Å². The molecule has 4 saturated carbocycles. The molecule has 196 valence electrons. The van der Waals surface area contributed by atoms with Crippen LogP contribution in [0.5, 0.6) is 0 Å². The first-order valence-electron chi connectivity index (χ1n) is 13.0. The Bertz CT molecular complexity index is 900. The van der Waals surface area contributed by atoms with Crippen molar-refractivity contribution < 1.29 is 38.5 Å². The molecular weight excluding hydrogens is 452 g/mol. The maximum atomic E-state index is 13.9. The summed E-state index contributed by atoms with van der Waals surface area (Å²) in [7, 11) is 0.